The van der Waals surface area contributed by atoms with Gasteiger partial charge in [0, 0.05) is 13.1 Å². The largest absolute Gasteiger partial charge is 0.243 e. The van der Waals surface area contributed by atoms with E-state index in [0.717, 1.165) is 11.1 Å². The monoisotopic (exact) mass is 331 g/mol. The van der Waals surface area contributed by atoms with Gasteiger partial charge in [-0.3, -0.25) is 0 Å². The summed E-state index contributed by atoms with van der Waals surface area (Å²) in [6, 6.07) is 3.04. The zero-order chi connectivity index (χ0) is 16.0. The maximum Gasteiger partial charge on any atom is 0.243 e. The van der Waals surface area contributed by atoms with Crippen LogP contribution in [0.25, 0.3) is 0 Å². The fraction of sp³-hybridized carbons (Fsp3) is 0.571. The Morgan fingerprint density at radius 1 is 1.10 bits per heavy atom. The summed E-state index contributed by atoms with van der Waals surface area (Å²) in [5, 5.41) is 0. The van der Waals surface area contributed by atoms with Gasteiger partial charge in [-0.2, -0.15) is 4.31 Å². The second-order valence-corrected chi connectivity index (χ2v) is 9.97. The predicted molar refractivity (Wildman–Crippen MR) is 82.7 cm³/mol. The zero-order valence-corrected chi connectivity index (χ0v) is 14.4. The lowest BCUT2D eigenvalue weighted by molar-refractivity contribution is 0.393. The SMILES string of the molecule is Cc1cc(C)c(S(=O)(=O)N(C)C2CCS(=O)(=O)C2)cc1C. The zero-order valence-electron chi connectivity index (χ0n) is 12.8. The minimum atomic E-state index is -3.67. The molecule has 7 heteroatoms. The Morgan fingerprint density at radius 3 is 2.19 bits per heavy atom. The van der Waals surface area contributed by atoms with Crippen LogP contribution in [0.2, 0.25) is 0 Å². The van der Waals surface area contributed by atoms with Crippen molar-refractivity contribution in [1.82, 2.24) is 4.31 Å². The van der Waals surface area contributed by atoms with E-state index in [9.17, 15) is 16.8 Å². The van der Waals surface area contributed by atoms with Crippen LogP contribution >= 0.6 is 0 Å². The fourth-order valence-electron chi connectivity index (χ4n) is 2.63. The van der Waals surface area contributed by atoms with Crippen LogP contribution in [0.15, 0.2) is 17.0 Å². The highest BCUT2D eigenvalue weighted by molar-refractivity contribution is 7.92. The average Bonchev–Trinajstić information content (AvgIpc) is 2.73. The molecule has 1 atom stereocenters. The summed E-state index contributed by atoms with van der Waals surface area (Å²) < 4.78 is 49.8. The van der Waals surface area contributed by atoms with Gasteiger partial charge in [-0.05, 0) is 49.9 Å². The van der Waals surface area contributed by atoms with Gasteiger partial charge in [0.25, 0.3) is 0 Å². The van der Waals surface area contributed by atoms with Crippen LogP contribution in [0, 0.1) is 20.8 Å². The van der Waals surface area contributed by atoms with Gasteiger partial charge in [-0.1, -0.05) is 6.07 Å². The average molecular weight is 331 g/mol. The van der Waals surface area contributed by atoms with Crippen LogP contribution in [0.4, 0.5) is 0 Å². The van der Waals surface area contributed by atoms with Gasteiger partial charge in [0.15, 0.2) is 9.84 Å². The summed E-state index contributed by atoms with van der Waals surface area (Å²) in [5.74, 6) is -0.0317. The summed E-state index contributed by atoms with van der Waals surface area (Å²) in [6.45, 7) is 5.57. The number of sulfone groups is 1. The summed E-state index contributed by atoms with van der Waals surface area (Å²) in [4.78, 5) is 0.261. The first kappa shape index (κ1) is 16.5. The molecule has 1 aromatic rings. The van der Waals surface area contributed by atoms with Crippen LogP contribution in [-0.2, 0) is 19.9 Å². The van der Waals surface area contributed by atoms with E-state index in [-0.39, 0.29) is 16.4 Å². The highest BCUT2D eigenvalue weighted by Crippen LogP contribution is 2.27. The molecule has 1 aromatic carbocycles. The Kier molecular flexibility index (Phi) is 4.21. The minimum absolute atomic E-state index is 0.0590. The van der Waals surface area contributed by atoms with E-state index in [1.54, 1.807) is 13.0 Å². The van der Waals surface area contributed by atoms with Crippen molar-refractivity contribution in [2.75, 3.05) is 18.6 Å². The van der Waals surface area contributed by atoms with Gasteiger partial charge in [-0.15, -0.1) is 0 Å². The van der Waals surface area contributed by atoms with E-state index in [0.29, 0.717) is 12.0 Å². The molecule has 0 bridgehead atoms. The molecule has 5 nitrogen and oxygen atoms in total. The molecule has 21 heavy (non-hydrogen) atoms. The summed E-state index contributed by atoms with van der Waals surface area (Å²) in [7, 11) is -5.32. The van der Waals surface area contributed by atoms with Crippen molar-refractivity contribution >= 4 is 19.9 Å². The van der Waals surface area contributed by atoms with Crippen LogP contribution < -0.4 is 0 Å². The molecular formula is C14H21NO4S2. The molecule has 1 unspecified atom stereocenters. The summed E-state index contributed by atoms with van der Waals surface area (Å²) >= 11 is 0. The second-order valence-electron chi connectivity index (χ2n) is 5.78. The third kappa shape index (κ3) is 3.14. The third-order valence-electron chi connectivity index (χ3n) is 4.17. The number of hydrogen-bond acceptors (Lipinski definition) is 4. The van der Waals surface area contributed by atoms with Crippen LogP contribution in [0.5, 0.6) is 0 Å². The minimum Gasteiger partial charge on any atom is -0.229 e. The first-order chi connectivity index (χ1) is 9.54. The van der Waals surface area contributed by atoms with E-state index < -0.39 is 25.9 Å². The van der Waals surface area contributed by atoms with Crippen molar-refractivity contribution in [3.63, 3.8) is 0 Å². The Balaban J connectivity index is 2.41. The number of aryl methyl sites for hydroxylation is 3. The second kappa shape index (κ2) is 5.37. The van der Waals surface area contributed by atoms with Crippen molar-refractivity contribution in [1.29, 1.82) is 0 Å². The first-order valence-electron chi connectivity index (χ1n) is 6.81. The van der Waals surface area contributed by atoms with E-state index in [1.165, 1.54) is 11.4 Å². The lowest BCUT2D eigenvalue weighted by Gasteiger charge is -2.24. The van der Waals surface area contributed by atoms with Gasteiger partial charge in [0.1, 0.15) is 0 Å². The van der Waals surface area contributed by atoms with Crippen molar-refractivity contribution in [3.8, 4) is 0 Å². The van der Waals surface area contributed by atoms with Crippen LogP contribution in [0.3, 0.4) is 0 Å². The Bertz CT molecular complexity index is 766. The lowest BCUT2D eigenvalue weighted by Crippen LogP contribution is -2.38. The molecule has 0 radical (unpaired) electrons. The van der Waals surface area contributed by atoms with Crippen LogP contribution in [-0.4, -0.2) is 45.7 Å². The quantitative estimate of drug-likeness (QED) is 0.840. The molecule has 1 aliphatic rings. The van der Waals surface area contributed by atoms with Gasteiger partial charge >= 0.3 is 0 Å². The van der Waals surface area contributed by atoms with Crippen molar-refractivity contribution in [2.24, 2.45) is 0 Å². The van der Waals surface area contributed by atoms with Crippen molar-refractivity contribution in [2.45, 2.75) is 38.1 Å². The van der Waals surface area contributed by atoms with E-state index in [4.69, 9.17) is 0 Å². The van der Waals surface area contributed by atoms with Crippen molar-refractivity contribution < 1.29 is 16.8 Å². The highest BCUT2D eigenvalue weighted by atomic mass is 32.2. The van der Waals surface area contributed by atoms with Gasteiger partial charge in [-0.25, -0.2) is 16.8 Å². The number of hydrogen-bond donors (Lipinski definition) is 0. The number of benzene rings is 1. The van der Waals surface area contributed by atoms with Gasteiger partial charge in [0.05, 0.1) is 16.4 Å². The molecule has 1 heterocycles. The number of sulfonamides is 1. The molecule has 0 spiro atoms. The maximum absolute atomic E-state index is 12.7. The molecule has 118 valence electrons. The fourth-order valence-corrected chi connectivity index (χ4v) is 6.17. The Labute approximate surface area is 126 Å². The molecule has 1 saturated heterocycles. The highest BCUT2D eigenvalue weighted by Gasteiger charge is 2.37. The topological polar surface area (TPSA) is 71.5 Å². The third-order valence-corrected chi connectivity index (χ3v) is 7.97. The standard InChI is InChI=1S/C14H21NO4S2/c1-10-7-12(3)14(8-11(10)2)21(18,19)15(4)13-5-6-20(16,17)9-13/h7-8,13H,5-6,9H2,1-4H3. The smallest absolute Gasteiger partial charge is 0.229 e. The van der Waals surface area contributed by atoms with E-state index >= 15 is 0 Å². The molecule has 0 amide bonds. The summed E-state index contributed by atoms with van der Waals surface area (Å²) in [6.07, 6.45) is 0.363. The number of rotatable bonds is 3. The molecule has 0 aromatic heterocycles. The first-order valence-corrected chi connectivity index (χ1v) is 10.1. The van der Waals surface area contributed by atoms with Gasteiger partial charge < -0.3 is 0 Å². The molecular weight excluding hydrogens is 310 g/mol. The Morgan fingerprint density at radius 2 is 1.67 bits per heavy atom. The normalized spacial score (nSPS) is 21.9. The molecule has 0 N–H and O–H groups in total. The molecule has 0 aliphatic carbocycles. The lowest BCUT2D eigenvalue weighted by atomic mass is 10.1. The molecule has 0 saturated carbocycles. The van der Waals surface area contributed by atoms with Crippen LogP contribution in [0.1, 0.15) is 23.1 Å². The van der Waals surface area contributed by atoms with Gasteiger partial charge in [0.2, 0.25) is 10.0 Å². The Hall–Kier alpha value is -0.920. The molecule has 1 aliphatic heterocycles. The van der Waals surface area contributed by atoms with E-state index in [1.807, 2.05) is 19.9 Å². The molecule has 1 fully saturated rings. The van der Waals surface area contributed by atoms with E-state index in [2.05, 4.69) is 0 Å². The number of nitrogens with zero attached hydrogens (tertiary/aromatic N) is 1. The maximum atomic E-state index is 12.7. The predicted octanol–water partition coefficient (Wildman–Crippen LogP) is 1.42. The summed E-state index contributed by atoms with van der Waals surface area (Å²) in [5.41, 5.74) is 2.63. The van der Waals surface area contributed by atoms with Crippen molar-refractivity contribution in [3.05, 3.63) is 28.8 Å². The molecule has 2 rings (SSSR count).